The zero-order valence-electron chi connectivity index (χ0n) is 20.2. The van der Waals surface area contributed by atoms with Crippen molar-refractivity contribution in [2.24, 2.45) is 17.8 Å². The van der Waals surface area contributed by atoms with Crippen LogP contribution in [0.1, 0.15) is 56.4 Å². The number of hydrogen-bond donors (Lipinski definition) is 2. The molecule has 1 aliphatic carbocycles. The number of imidazole rings is 1. The van der Waals surface area contributed by atoms with Gasteiger partial charge in [-0.1, -0.05) is 20.3 Å². The van der Waals surface area contributed by atoms with Crippen LogP contribution in [-0.2, 0) is 22.4 Å². The van der Waals surface area contributed by atoms with Crippen molar-refractivity contribution >= 4 is 22.6 Å². The van der Waals surface area contributed by atoms with Gasteiger partial charge in [0, 0.05) is 43.1 Å². The molecular formula is C26H35N5O2. The summed E-state index contributed by atoms with van der Waals surface area (Å²) in [5.41, 5.74) is 7.31. The molecule has 1 amide bonds. The highest BCUT2D eigenvalue weighted by molar-refractivity contribution is 5.97. The van der Waals surface area contributed by atoms with E-state index in [4.69, 9.17) is 9.72 Å². The molecule has 0 radical (unpaired) electrons. The molecule has 176 valence electrons. The number of carbonyl (C=O) groups excluding carboxylic acids is 1. The average molecular weight is 450 g/mol. The largest absolute Gasteiger partial charge is 0.381 e. The number of fused-ring (bicyclic) bond motifs is 2. The molecule has 0 saturated carbocycles. The molecule has 3 aromatic rings. The number of amides is 1. The molecule has 0 bridgehead atoms. The third kappa shape index (κ3) is 4.07. The highest BCUT2D eigenvalue weighted by atomic mass is 16.5. The van der Waals surface area contributed by atoms with Gasteiger partial charge in [0.25, 0.3) is 0 Å². The Morgan fingerprint density at radius 3 is 2.82 bits per heavy atom. The molecule has 0 spiro atoms. The first kappa shape index (κ1) is 22.1. The summed E-state index contributed by atoms with van der Waals surface area (Å²) in [6.45, 7) is 7.88. The first-order valence-electron chi connectivity index (χ1n) is 12.4. The number of H-pyrrole nitrogens is 2. The van der Waals surface area contributed by atoms with Crippen LogP contribution in [0.2, 0.25) is 0 Å². The van der Waals surface area contributed by atoms with E-state index in [2.05, 4.69) is 42.0 Å². The lowest BCUT2D eigenvalue weighted by Crippen LogP contribution is -2.37. The van der Waals surface area contributed by atoms with Crippen LogP contribution in [0.15, 0.2) is 12.1 Å². The van der Waals surface area contributed by atoms with Gasteiger partial charge in [0.05, 0.1) is 11.0 Å². The molecule has 2 N–H and O–H groups in total. The number of aromatic nitrogens is 4. The number of nitrogens with zero attached hydrogens (tertiary/aromatic N) is 3. The Morgan fingerprint density at radius 1 is 1.27 bits per heavy atom. The summed E-state index contributed by atoms with van der Waals surface area (Å²) in [5, 5.41) is 7.86. The molecule has 1 saturated heterocycles. The van der Waals surface area contributed by atoms with Crippen molar-refractivity contribution in [2.45, 2.75) is 59.3 Å². The molecule has 7 heteroatoms. The van der Waals surface area contributed by atoms with Crippen molar-refractivity contribution in [2.75, 3.05) is 25.2 Å². The molecule has 2 atom stereocenters. The number of nitrogens with one attached hydrogen (secondary N) is 2. The molecule has 1 unspecified atom stereocenters. The van der Waals surface area contributed by atoms with E-state index in [1.54, 1.807) is 0 Å². The fraction of sp³-hybridized carbons (Fsp3) is 0.577. The second-order valence-corrected chi connectivity index (χ2v) is 9.92. The summed E-state index contributed by atoms with van der Waals surface area (Å²) in [5.74, 6) is 2.04. The number of rotatable bonds is 5. The third-order valence-electron chi connectivity index (χ3n) is 7.90. The van der Waals surface area contributed by atoms with Crippen LogP contribution in [0, 0.1) is 24.7 Å². The third-order valence-corrected chi connectivity index (χ3v) is 7.90. The SMILES string of the molecule is CC[C@H]1CCc2[nH]nc(-c3nc4cc(N(C)C(=O)C(C)C5CCOCC5)c(C)cc4[nH]3)c2C1. The molecular weight excluding hydrogens is 414 g/mol. The Hall–Kier alpha value is -2.67. The number of carbonyl (C=O) groups is 1. The lowest BCUT2D eigenvalue weighted by molar-refractivity contribution is -0.124. The summed E-state index contributed by atoms with van der Waals surface area (Å²) >= 11 is 0. The van der Waals surface area contributed by atoms with Crippen molar-refractivity contribution in [3.8, 4) is 11.5 Å². The van der Waals surface area contributed by atoms with Crippen LogP contribution in [0.4, 0.5) is 5.69 Å². The van der Waals surface area contributed by atoms with Crippen molar-refractivity contribution in [3.63, 3.8) is 0 Å². The van der Waals surface area contributed by atoms with Gasteiger partial charge in [-0.3, -0.25) is 9.89 Å². The van der Waals surface area contributed by atoms with E-state index in [0.29, 0.717) is 11.8 Å². The van der Waals surface area contributed by atoms with Crippen LogP contribution >= 0.6 is 0 Å². The first-order valence-corrected chi connectivity index (χ1v) is 12.4. The normalized spacial score (nSPS) is 20.1. The zero-order valence-corrected chi connectivity index (χ0v) is 20.2. The Balaban J connectivity index is 1.43. The second kappa shape index (κ2) is 8.93. The highest BCUT2D eigenvalue weighted by Gasteiger charge is 2.29. The average Bonchev–Trinajstić information content (AvgIpc) is 3.45. The molecule has 5 rings (SSSR count). The Bertz CT molecular complexity index is 1160. The molecule has 33 heavy (non-hydrogen) atoms. The minimum atomic E-state index is -0.0224. The summed E-state index contributed by atoms with van der Waals surface area (Å²) in [7, 11) is 1.88. The van der Waals surface area contributed by atoms with Crippen LogP contribution in [0.3, 0.4) is 0 Å². The number of benzene rings is 1. The molecule has 1 fully saturated rings. The van der Waals surface area contributed by atoms with Gasteiger partial charge in [-0.25, -0.2) is 4.98 Å². The van der Waals surface area contributed by atoms with E-state index < -0.39 is 0 Å². The molecule has 1 aliphatic heterocycles. The van der Waals surface area contributed by atoms with Crippen LogP contribution in [0.25, 0.3) is 22.6 Å². The van der Waals surface area contributed by atoms with Gasteiger partial charge in [0.1, 0.15) is 5.69 Å². The predicted octanol–water partition coefficient (Wildman–Crippen LogP) is 4.80. The Labute approximate surface area is 195 Å². The van der Waals surface area contributed by atoms with E-state index in [0.717, 1.165) is 72.7 Å². The van der Waals surface area contributed by atoms with Gasteiger partial charge >= 0.3 is 0 Å². The highest BCUT2D eigenvalue weighted by Crippen LogP contribution is 2.34. The van der Waals surface area contributed by atoms with E-state index in [-0.39, 0.29) is 11.8 Å². The maximum Gasteiger partial charge on any atom is 0.229 e. The van der Waals surface area contributed by atoms with E-state index in [1.165, 1.54) is 24.1 Å². The summed E-state index contributed by atoms with van der Waals surface area (Å²) in [6, 6.07) is 4.13. The van der Waals surface area contributed by atoms with Crippen molar-refractivity contribution < 1.29 is 9.53 Å². The van der Waals surface area contributed by atoms with Crippen LogP contribution < -0.4 is 4.90 Å². The van der Waals surface area contributed by atoms with Gasteiger partial charge in [0.15, 0.2) is 5.82 Å². The topological polar surface area (TPSA) is 86.9 Å². The second-order valence-electron chi connectivity index (χ2n) is 9.92. The summed E-state index contributed by atoms with van der Waals surface area (Å²) in [4.78, 5) is 23.5. The van der Waals surface area contributed by atoms with E-state index in [9.17, 15) is 4.79 Å². The number of aryl methyl sites for hydroxylation is 2. The first-order chi connectivity index (χ1) is 16.0. The molecule has 1 aromatic carbocycles. The smallest absolute Gasteiger partial charge is 0.229 e. The van der Waals surface area contributed by atoms with Crippen LogP contribution in [0.5, 0.6) is 0 Å². The van der Waals surface area contributed by atoms with Gasteiger partial charge in [-0.2, -0.15) is 5.10 Å². The number of aromatic amines is 2. The summed E-state index contributed by atoms with van der Waals surface area (Å²) < 4.78 is 5.48. The lowest BCUT2D eigenvalue weighted by atomic mass is 9.85. The number of hydrogen-bond acceptors (Lipinski definition) is 4. The molecule has 7 nitrogen and oxygen atoms in total. The zero-order chi connectivity index (χ0) is 23.1. The maximum absolute atomic E-state index is 13.3. The Kier molecular flexibility index (Phi) is 5.99. The molecule has 2 aliphatic rings. The fourth-order valence-corrected chi connectivity index (χ4v) is 5.58. The predicted molar refractivity (Wildman–Crippen MR) is 130 cm³/mol. The van der Waals surface area contributed by atoms with Crippen molar-refractivity contribution in [3.05, 3.63) is 29.0 Å². The standard InChI is InChI=1S/C26H35N5O2/c1-5-17-6-7-20-19(13-17)24(30-29-20)25-27-21-12-15(2)23(14-22(21)28-25)31(4)26(32)16(3)18-8-10-33-11-9-18/h12,14,16-18H,5-11,13H2,1-4H3,(H,27,28)(H,29,30)/t16?,17-/m0/s1. The monoisotopic (exact) mass is 449 g/mol. The number of ether oxygens (including phenoxy) is 1. The van der Waals surface area contributed by atoms with Gasteiger partial charge in [-0.15, -0.1) is 0 Å². The quantitative estimate of drug-likeness (QED) is 0.586. The maximum atomic E-state index is 13.3. The van der Waals surface area contributed by atoms with Gasteiger partial charge in [0.2, 0.25) is 5.91 Å². The molecule has 2 aromatic heterocycles. The van der Waals surface area contributed by atoms with Gasteiger partial charge < -0.3 is 14.6 Å². The van der Waals surface area contributed by atoms with E-state index in [1.807, 2.05) is 18.0 Å². The van der Waals surface area contributed by atoms with Crippen molar-refractivity contribution in [1.82, 2.24) is 20.2 Å². The Morgan fingerprint density at radius 2 is 2.06 bits per heavy atom. The van der Waals surface area contributed by atoms with Gasteiger partial charge in [-0.05, 0) is 68.6 Å². The lowest BCUT2D eigenvalue weighted by Gasteiger charge is -2.30. The van der Waals surface area contributed by atoms with E-state index >= 15 is 0 Å². The number of anilines is 1. The molecule has 3 heterocycles. The minimum Gasteiger partial charge on any atom is -0.381 e. The summed E-state index contributed by atoms with van der Waals surface area (Å²) in [6.07, 6.45) is 6.44. The van der Waals surface area contributed by atoms with Crippen molar-refractivity contribution in [1.29, 1.82) is 0 Å². The van der Waals surface area contributed by atoms with Crippen LogP contribution in [-0.4, -0.2) is 46.3 Å². The fourth-order valence-electron chi connectivity index (χ4n) is 5.58. The minimum absolute atomic E-state index is 0.0224.